The maximum atomic E-state index is 6.14. The lowest BCUT2D eigenvalue weighted by molar-refractivity contribution is 0.354. The smallest absolute Gasteiger partial charge is 0.179 e. The van der Waals surface area contributed by atoms with Crippen molar-refractivity contribution in [1.82, 2.24) is 15.3 Å². The molecule has 0 aliphatic rings. The summed E-state index contributed by atoms with van der Waals surface area (Å²) in [6.07, 6.45) is 3.44. The highest BCUT2D eigenvalue weighted by molar-refractivity contribution is 6.32. The molecule has 2 rings (SSSR count). The lowest BCUT2D eigenvalue weighted by atomic mass is 10.2. The predicted molar refractivity (Wildman–Crippen MR) is 73.7 cm³/mol. The zero-order chi connectivity index (χ0) is 13.7. The van der Waals surface area contributed by atoms with Crippen LogP contribution < -0.4 is 14.8 Å². The molecule has 0 unspecified atom stereocenters. The lowest BCUT2D eigenvalue weighted by Gasteiger charge is -2.12. The predicted octanol–water partition coefficient (Wildman–Crippen LogP) is 2.37. The highest BCUT2D eigenvalue weighted by atomic mass is 35.5. The molecule has 0 bridgehead atoms. The summed E-state index contributed by atoms with van der Waals surface area (Å²) in [7, 11) is 3.16. The number of benzene rings is 1. The Balaban J connectivity index is 2.02. The van der Waals surface area contributed by atoms with E-state index in [9.17, 15) is 0 Å². The fourth-order valence-electron chi connectivity index (χ4n) is 1.80. The second-order valence-corrected chi connectivity index (χ2v) is 4.40. The largest absolute Gasteiger partial charge is 0.493 e. The molecule has 0 aliphatic carbocycles. The number of halogens is 1. The number of aromatic amines is 1. The average molecular weight is 282 g/mol. The van der Waals surface area contributed by atoms with E-state index in [0.29, 0.717) is 29.6 Å². The first-order chi connectivity index (χ1) is 9.24. The molecule has 0 fully saturated rings. The van der Waals surface area contributed by atoms with E-state index >= 15 is 0 Å². The molecule has 6 heteroatoms. The highest BCUT2D eigenvalue weighted by Gasteiger charge is 2.10. The third-order valence-corrected chi connectivity index (χ3v) is 2.97. The van der Waals surface area contributed by atoms with Crippen LogP contribution in [0.5, 0.6) is 11.5 Å². The highest BCUT2D eigenvalue weighted by Crippen LogP contribution is 2.35. The van der Waals surface area contributed by atoms with Crippen molar-refractivity contribution in [3.8, 4) is 11.5 Å². The molecule has 2 aromatic rings. The van der Waals surface area contributed by atoms with Crippen LogP contribution in [0, 0.1) is 0 Å². The second kappa shape index (κ2) is 6.45. The SMILES string of the molecule is COc1cc(CNCc2cnc[nH]2)cc(Cl)c1OC. The molecular formula is C13H16ClN3O2. The van der Waals surface area contributed by atoms with Gasteiger partial charge in [-0.2, -0.15) is 0 Å². The molecule has 0 radical (unpaired) electrons. The number of nitrogens with zero attached hydrogens (tertiary/aromatic N) is 1. The minimum absolute atomic E-state index is 0.542. The monoisotopic (exact) mass is 281 g/mol. The Morgan fingerprint density at radius 1 is 1.26 bits per heavy atom. The summed E-state index contributed by atoms with van der Waals surface area (Å²) in [4.78, 5) is 6.99. The van der Waals surface area contributed by atoms with Crippen LogP contribution in [0.3, 0.4) is 0 Å². The Morgan fingerprint density at radius 2 is 2.11 bits per heavy atom. The molecule has 0 spiro atoms. The van der Waals surface area contributed by atoms with E-state index in [1.165, 1.54) is 0 Å². The minimum atomic E-state index is 0.542. The molecule has 102 valence electrons. The first-order valence-corrected chi connectivity index (χ1v) is 6.20. The summed E-state index contributed by atoms with van der Waals surface area (Å²) in [5.41, 5.74) is 2.06. The molecule has 0 saturated heterocycles. The van der Waals surface area contributed by atoms with Crippen LogP contribution in [0.25, 0.3) is 0 Å². The number of rotatable bonds is 6. The molecule has 0 aliphatic heterocycles. The van der Waals surface area contributed by atoms with E-state index in [4.69, 9.17) is 21.1 Å². The summed E-state index contributed by atoms with van der Waals surface area (Å²) in [5, 5.41) is 3.84. The van der Waals surface area contributed by atoms with E-state index in [1.807, 2.05) is 12.1 Å². The Bertz CT molecular complexity index is 529. The maximum absolute atomic E-state index is 6.14. The van der Waals surface area contributed by atoms with Gasteiger partial charge in [0.2, 0.25) is 0 Å². The van der Waals surface area contributed by atoms with Gasteiger partial charge >= 0.3 is 0 Å². The van der Waals surface area contributed by atoms with E-state index in [2.05, 4.69) is 15.3 Å². The zero-order valence-corrected chi connectivity index (χ0v) is 11.6. The van der Waals surface area contributed by atoms with Gasteiger partial charge in [-0.3, -0.25) is 0 Å². The Labute approximate surface area is 116 Å². The van der Waals surface area contributed by atoms with Crippen LogP contribution in [0.1, 0.15) is 11.3 Å². The van der Waals surface area contributed by atoms with Crippen LogP contribution in [0.4, 0.5) is 0 Å². The Kier molecular flexibility index (Phi) is 4.65. The van der Waals surface area contributed by atoms with Crippen LogP contribution in [0.15, 0.2) is 24.7 Å². The van der Waals surface area contributed by atoms with Gasteiger partial charge in [0.1, 0.15) is 0 Å². The van der Waals surface area contributed by atoms with Gasteiger partial charge in [0.05, 0.1) is 25.6 Å². The molecule has 0 atom stereocenters. The van der Waals surface area contributed by atoms with Crippen LogP contribution in [0.2, 0.25) is 5.02 Å². The summed E-state index contributed by atoms with van der Waals surface area (Å²) >= 11 is 6.14. The van der Waals surface area contributed by atoms with Gasteiger partial charge in [0, 0.05) is 25.0 Å². The van der Waals surface area contributed by atoms with E-state index in [0.717, 1.165) is 11.3 Å². The molecular weight excluding hydrogens is 266 g/mol. The topological polar surface area (TPSA) is 59.2 Å². The number of aromatic nitrogens is 2. The minimum Gasteiger partial charge on any atom is -0.493 e. The fourth-order valence-corrected chi connectivity index (χ4v) is 2.11. The van der Waals surface area contributed by atoms with Gasteiger partial charge in [0.15, 0.2) is 11.5 Å². The van der Waals surface area contributed by atoms with Crippen LogP contribution in [-0.2, 0) is 13.1 Å². The van der Waals surface area contributed by atoms with Crippen molar-refractivity contribution in [3.05, 3.63) is 40.9 Å². The van der Waals surface area contributed by atoms with Gasteiger partial charge < -0.3 is 19.8 Å². The lowest BCUT2D eigenvalue weighted by Crippen LogP contribution is -2.13. The van der Waals surface area contributed by atoms with Crippen molar-refractivity contribution in [2.45, 2.75) is 13.1 Å². The van der Waals surface area contributed by atoms with Crippen molar-refractivity contribution in [2.75, 3.05) is 14.2 Å². The third kappa shape index (κ3) is 3.39. The number of H-pyrrole nitrogens is 1. The van der Waals surface area contributed by atoms with Gasteiger partial charge in [-0.05, 0) is 17.7 Å². The Morgan fingerprint density at radius 3 is 2.74 bits per heavy atom. The van der Waals surface area contributed by atoms with Crippen molar-refractivity contribution in [3.63, 3.8) is 0 Å². The number of methoxy groups -OCH3 is 2. The first kappa shape index (κ1) is 13.7. The average Bonchev–Trinajstić information content (AvgIpc) is 2.91. The maximum Gasteiger partial charge on any atom is 0.179 e. The van der Waals surface area contributed by atoms with Crippen molar-refractivity contribution >= 4 is 11.6 Å². The van der Waals surface area contributed by atoms with Gasteiger partial charge in [-0.25, -0.2) is 4.98 Å². The molecule has 5 nitrogen and oxygen atoms in total. The van der Waals surface area contributed by atoms with Gasteiger partial charge in [0.25, 0.3) is 0 Å². The summed E-state index contributed by atoms with van der Waals surface area (Å²) < 4.78 is 10.5. The summed E-state index contributed by atoms with van der Waals surface area (Å²) in [6, 6.07) is 3.77. The first-order valence-electron chi connectivity index (χ1n) is 5.83. The Hall–Kier alpha value is -1.72. The normalized spacial score (nSPS) is 10.5. The second-order valence-electron chi connectivity index (χ2n) is 3.99. The van der Waals surface area contributed by atoms with E-state index in [-0.39, 0.29) is 0 Å². The molecule has 2 N–H and O–H groups in total. The number of imidazole rings is 1. The van der Waals surface area contributed by atoms with Crippen molar-refractivity contribution < 1.29 is 9.47 Å². The summed E-state index contributed by atoms with van der Waals surface area (Å²) in [6.45, 7) is 1.39. The molecule has 1 aromatic carbocycles. The number of hydrogen-bond acceptors (Lipinski definition) is 4. The van der Waals surface area contributed by atoms with Crippen molar-refractivity contribution in [1.29, 1.82) is 0 Å². The third-order valence-electron chi connectivity index (χ3n) is 2.69. The number of ether oxygens (including phenoxy) is 2. The van der Waals surface area contributed by atoms with Gasteiger partial charge in [-0.1, -0.05) is 11.6 Å². The summed E-state index contributed by atoms with van der Waals surface area (Å²) in [5.74, 6) is 1.19. The standard InChI is InChI=1S/C13H16ClN3O2/c1-18-12-4-9(3-11(14)13(12)19-2)5-15-6-10-7-16-8-17-10/h3-4,7-8,15H,5-6H2,1-2H3,(H,16,17). The molecule has 0 saturated carbocycles. The van der Waals surface area contributed by atoms with Crippen molar-refractivity contribution in [2.24, 2.45) is 0 Å². The quantitative estimate of drug-likeness (QED) is 0.853. The van der Waals surface area contributed by atoms with Crippen LogP contribution in [-0.4, -0.2) is 24.2 Å². The fraction of sp³-hybridized carbons (Fsp3) is 0.308. The van der Waals surface area contributed by atoms with Crippen LogP contribution >= 0.6 is 11.6 Å². The molecule has 0 amide bonds. The molecule has 19 heavy (non-hydrogen) atoms. The zero-order valence-electron chi connectivity index (χ0n) is 10.9. The number of nitrogens with one attached hydrogen (secondary N) is 2. The van der Waals surface area contributed by atoms with E-state index < -0.39 is 0 Å². The molecule has 1 aromatic heterocycles. The number of hydrogen-bond donors (Lipinski definition) is 2. The van der Waals surface area contributed by atoms with E-state index in [1.54, 1.807) is 26.7 Å². The molecule has 1 heterocycles. The van der Waals surface area contributed by atoms with Gasteiger partial charge in [-0.15, -0.1) is 0 Å².